The Morgan fingerprint density at radius 1 is 1.50 bits per heavy atom. The van der Waals surface area contributed by atoms with Gasteiger partial charge < -0.3 is 14.9 Å². The van der Waals surface area contributed by atoms with Crippen LogP contribution in [0.25, 0.3) is 0 Å². The summed E-state index contributed by atoms with van der Waals surface area (Å²) in [6, 6.07) is 1.95. The van der Waals surface area contributed by atoms with E-state index < -0.39 is 0 Å². The molecular weight excluding hydrogens is 204 g/mol. The largest absolute Gasteiger partial charge is 0.468 e. The van der Waals surface area contributed by atoms with Crippen molar-refractivity contribution in [3.63, 3.8) is 0 Å². The van der Waals surface area contributed by atoms with Crippen molar-refractivity contribution in [2.75, 3.05) is 19.7 Å². The van der Waals surface area contributed by atoms with Gasteiger partial charge in [0.25, 0.3) is 0 Å². The molecule has 1 aliphatic heterocycles. The number of nitrogens with zero attached hydrogens (tertiary/aromatic N) is 1. The Kier molecular flexibility index (Phi) is 3.33. The zero-order valence-corrected chi connectivity index (χ0v) is 10.0. The highest BCUT2D eigenvalue weighted by Gasteiger charge is 2.27. The van der Waals surface area contributed by atoms with Crippen molar-refractivity contribution in [3.05, 3.63) is 23.7 Å². The molecule has 2 rings (SSSR count). The highest BCUT2D eigenvalue weighted by molar-refractivity contribution is 5.16. The van der Waals surface area contributed by atoms with E-state index in [4.69, 9.17) is 14.9 Å². The molecule has 4 heteroatoms. The highest BCUT2D eigenvalue weighted by Crippen LogP contribution is 2.20. The van der Waals surface area contributed by atoms with E-state index in [1.54, 1.807) is 6.26 Å². The first-order chi connectivity index (χ1) is 7.61. The van der Waals surface area contributed by atoms with Gasteiger partial charge in [0.2, 0.25) is 0 Å². The fourth-order valence-corrected chi connectivity index (χ4v) is 2.14. The summed E-state index contributed by atoms with van der Waals surface area (Å²) in [4.78, 5) is 2.35. The third-order valence-corrected chi connectivity index (χ3v) is 2.93. The van der Waals surface area contributed by atoms with Gasteiger partial charge in [0, 0.05) is 25.2 Å². The van der Waals surface area contributed by atoms with Crippen molar-refractivity contribution in [1.82, 2.24) is 4.90 Å². The quantitative estimate of drug-likeness (QED) is 0.842. The summed E-state index contributed by atoms with van der Waals surface area (Å²) in [6.45, 7) is 8.26. The predicted molar refractivity (Wildman–Crippen MR) is 61.9 cm³/mol. The van der Waals surface area contributed by atoms with Gasteiger partial charge in [-0.3, -0.25) is 4.90 Å². The van der Waals surface area contributed by atoms with Gasteiger partial charge in [-0.15, -0.1) is 0 Å². The van der Waals surface area contributed by atoms with Crippen LogP contribution in [0.2, 0.25) is 0 Å². The summed E-state index contributed by atoms with van der Waals surface area (Å²) in [5, 5.41) is 0. The Morgan fingerprint density at radius 3 is 3.00 bits per heavy atom. The molecule has 90 valence electrons. The lowest BCUT2D eigenvalue weighted by Crippen LogP contribution is -2.47. The van der Waals surface area contributed by atoms with Gasteiger partial charge in [0.15, 0.2) is 0 Å². The lowest BCUT2D eigenvalue weighted by Gasteiger charge is -2.37. The minimum atomic E-state index is -0.0618. The Balaban J connectivity index is 1.99. The molecule has 1 aromatic heterocycles. The van der Waals surface area contributed by atoms with Crippen LogP contribution in [-0.2, 0) is 17.8 Å². The SMILES string of the molecule is CC1(C)CN(Cc2occc2CN)CCO1. The average molecular weight is 224 g/mol. The van der Waals surface area contributed by atoms with E-state index >= 15 is 0 Å². The fraction of sp³-hybridized carbons (Fsp3) is 0.667. The van der Waals surface area contributed by atoms with Crippen LogP contribution in [0.15, 0.2) is 16.7 Å². The number of hydrogen-bond acceptors (Lipinski definition) is 4. The van der Waals surface area contributed by atoms with E-state index in [0.717, 1.165) is 37.6 Å². The third-order valence-electron chi connectivity index (χ3n) is 2.93. The summed E-state index contributed by atoms with van der Waals surface area (Å²) >= 11 is 0. The second-order valence-corrected chi connectivity index (χ2v) is 4.89. The van der Waals surface area contributed by atoms with Crippen molar-refractivity contribution in [3.8, 4) is 0 Å². The first kappa shape index (κ1) is 11.6. The number of rotatable bonds is 3. The smallest absolute Gasteiger partial charge is 0.122 e. The van der Waals surface area contributed by atoms with Crippen molar-refractivity contribution < 1.29 is 9.15 Å². The molecule has 1 saturated heterocycles. The first-order valence-electron chi connectivity index (χ1n) is 5.72. The van der Waals surface area contributed by atoms with Crippen LogP contribution in [0, 0.1) is 0 Å². The molecule has 0 bridgehead atoms. The van der Waals surface area contributed by atoms with Crippen LogP contribution < -0.4 is 5.73 Å². The van der Waals surface area contributed by atoms with Gasteiger partial charge in [0.1, 0.15) is 5.76 Å². The fourth-order valence-electron chi connectivity index (χ4n) is 2.14. The molecule has 0 atom stereocenters. The Labute approximate surface area is 96.4 Å². The maximum atomic E-state index is 5.67. The molecule has 0 radical (unpaired) electrons. The van der Waals surface area contributed by atoms with Gasteiger partial charge in [0.05, 0.1) is 25.0 Å². The highest BCUT2D eigenvalue weighted by atomic mass is 16.5. The molecule has 0 saturated carbocycles. The molecule has 1 fully saturated rings. The van der Waals surface area contributed by atoms with E-state index in [2.05, 4.69) is 18.7 Å². The number of hydrogen-bond donors (Lipinski definition) is 1. The summed E-state index contributed by atoms with van der Waals surface area (Å²) in [6.07, 6.45) is 1.71. The number of ether oxygens (including phenoxy) is 1. The first-order valence-corrected chi connectivity index (χ1v) is 5.72. The van der Waals surface area contributed by atoms with E-state index in [9.17, 15) is 0 Å². The summed E-state index contributed by atoms with van der Waals surface area (Å²) in [7, 11) is 0. The lowest BCUT2D eigenvalue weighted by atomic mass is 10.1. The van der Waals surface area contributed by atoms with Crippen LogP contribution in [0.1, 0.15) is 25.2 Å². The molecular formula is C12H20N2O2. The molecule has 4 nitrogen and oxygen atoms in total. The monoisotopic (exact) mass is 224 g/mol. The zero-order valence-electron chi connectivity index (χ0n) is 10.0. The Morgan fingerprint density at radius 2 is 2.31 bits per heavy atom. The van der Waals surface area contributed by atoms with Gasteiger partial charge in [-0.25, -0.2) is 0 Å². The second kappa shape index (κ2) is 4.57. The van der Waals surface area contributed by atoms with E-state index in [-0.39, 0.29) is 5.60 Å². The maximum Gasteiger partial charge on any atom is 0.122 e. The van der Waals surface area contributed by atoms with Crippen molar-refractivity contribution >= 4 is 0 Å². The molecule has 1 aromatic rings. The zero-order chi connectivity index (χ0) is 11.6. The number of morpholine rings is 1. The number of furan rings is 1. The van der Waals surface area contributed by atoms with E-state index in [1.807, 2.05) is 6.07 Å². The second-order valence-electron chi connectivity index (χ2n) is 4.89. The normalized spacial score (nSPS) is 21.2. The van der Waals surface area contributed by atoms with Crippen molar-refractivity contribution in [1.29, 1.82) is 0 Å². The van der Waals surface area contributed by atoms with Crippen LogP contribution in [0.3, 0.4) is 0 Å². The minimum Gasteiger partial charge on any atom is -0.468 e. The summed E-state index contributed by atoms with van der Waals surface area (Å²) < 4.78 is 11.1. The topological polar surface area (TPSA) is 51.6 Å². The molecule has 16 heavy (non-hydrogen) atoms. The Bertz CT molecular complexity index is 347. The summed E-state index contributed by atoms with van der Waals surface area (Å²) in [5.74, 6) is 0.986. The third kappa shape index (κ3) is 2.64. The Hall–Kier alpha value is -0.840. The van der Waals surface area contributed by atoms with Crippen LogP contribution in [0.5, 0.6) is 0 Å². The lowest BCUT2D eigenvalue weighted by molar-refractivity contribution is -0.0895. The molecule has 0 unspecified atom stereocenters. The van der Waals surface area contributed by atoms with Gasteiger partial charge in [-0.2, -0.15) is 0 Å². The van der Waals surface area contributed by atoms with Gasteiger partial charge >= 0.3 is 0 Å². The van der Waals surface area contributed by atoms with E-state index in [1.165, 1.54) is 0 Å². The minimum absolute atomic E-state index is 0.0618. The molecule has 0 spiro atoms. The van der Waals surface area contributed by atoms with Crippen LogP contribution in [-0.4, -0.2) is 30.2 Å². The molecule has 2 N–H and O–H groups in total. The molecule has 0 amide bonds. The molecule has 0 aliphatic carbocycles. The average Bonchev–Trinajstić information content (AvgIpc) is 2.63. The van der Waals surface area contributed by atoms with Crippen LogP contribution in [0.4, 0.5) is 0 Å². The molecule has 0 aromatic carbocycles. The van der Waals surface area contributed by atoms with Gasteiger partial charge in [-0.05, 0) is 19.9 Å². The predicted octanol–water partition coefficient (Wildman–Crippen LogP) is 1.35. The standard InChI is InChI=1S/C12H20N2O2/c1-12(2)9-14(4-6-16-12)8-11-10(7-13)3-5-15-11/h3,5H,4,6-9,13H2,1-2H3. The molecule has 2 heterocycles. The van der Waals surface area contributed by atoms with Crippen LogP contribution >= 0.6 is 0 Å². The van der Waals surface area contributed by atoms with Crippen molar-refractivity contribution in [2.45, 2.75) is 32.5 Å². The molecule has 1 aliphatic rings. The van der Waals surface area contributed by atoms with Crippen molar-refractivity contribution in [2.24, 2.45) is 5.73 Å². The maximum absolute atomic E-state index is 5.67. The summed E-state index contributed by atoms with van der Waals surface area (Å²) in [5.41, 5.74) is 6.69. The van der Waals surface area contributed by atoms with E-state index in [0.29, 0.717) is 6.54 Å². The van der Waals surface area contributed by atoms with Gasteiger partial charge in [-0.1, -0.05) is 0 Å². The number of nitrogens with two attached hydrogens (primary N) is 1.